The summed E-state index contributed by atoms with van der Waals surface area (Å²) in [6, 6.07) is 2.19. The monoisotopic (exact) mass is 211 g/mol. The molecule has 1 aromatic heterocycles. The van der Waals surface area contributed by atoms with Gasteiger partial charge in [-0.15, -0.1) is 0 Å². The molecule has 0 saturated carbocycles. The van der Waals surface area contributed by atoms with Crippen molar-refractivity contribution in [3.05, 3.63) is 18.5 Å². The Morgan fingerprint density at radius 3 is 3.07 bits per heavy atom. The molecule has 1 atom stereocenters. The number of carboxylic acid groups (broad SMARTS) is 1. The van der Waals surface area contributed by atoms with E-state index < -0.39 is 5.97 Å². The average molecular weight is 211 g/mol. The normalized spacial score (nSPS) is 12.6. The highest BCUT2D eigenvalue weighted by atomic mass is 16.4. The van der Waals surface area contributed by atoms with E-state index in [9.17, 15) is 4.79 Å². The standard InChI is InChI=1S/C10H17N3O2/c1-9(8-13-7-3-6-12-13)11-5-2-4-10(14)15/h3,6-7,9,11H,2,4-5,8H2,1H3,(H,14,15). The van der Waals surface area contributed by atoms with Crippen molar-refractivity contribution in [1.29, 1.82) is 0 Å². The van der Waals surface area contributed by atoms with Crippen LogP contribution in [-0.2, 0) is 11.3 Å². The minimum Gasteiger partial charge on any atom is -0.481 e. The SMILES string of the molecule is CC(Cn1cccn1)NCCCC(=O)O. The Hall–Kier alpha value is -1.36. The summed E-state index contributed by atoms with van der Waals surface area (Å²) in [5.41, 5.74) is 0. The van der Waals surface area contributed by atoms with Crippen LogP contribution in [0, 0.1) is 0 Å². The van der Waals surface area contributed by atoms with Gasteiger partial charge >= 0.3 is 5.97 Å². The molecular formula is C10H17N3O2. The van der Waals surface area contributed by atoms with E-state index >= 15 is 0 Å². The van der Waals surface area contributed by atoms with E-state index in [0.29, 0.717) is 12.5 Å². The van der Waals surface area contributed by atoms with Crippen LogP contribution >= 0.6 is 0 Å². The predicted molar refractivity (Wildman–Crippen MR) is 56.6 cm³/mol. The van der Waals surface area contributed by atoms with E-state index in [1.54, 1.807) is 6.20 Å². The summed E-state index contributed by atoms with van der Waals surface area (Å²) in [6.07, 6.45) is 4.55. The third-order valence-corrected chi connectivity index (χ3v) is 2.08. The van der Waals surface area contributed by atoms with Gasteiger partial charge in [0.25, 0.3) is 0 Å². The maximum absolute atomic E-state index is 10.3. The lowest BCUT2D eigenvalue weighted by Gasteiger charge is -2.13. The number of rotatable bonds is 7. The molecule has 0 bridgehead atoms. The Balaban J connectivity index is 2.08. The van der Waals surface area contributed by atoms with Crippen molar-refractivity contribution in [2.75, 3.05) is 6.54 Å². The van der Waals surface area contributed by atoms with Crippen LogP contribution in [0.1, 0.15) is 19.8 Å². The second-order valence-electron chi connectivity index (χ2n) is 3.58. The van der Waals surface area contributed by atoms with Gasteiger partial charge in [0.15, 0.2) is 0 Å². The van der Waals surface area contributed by atoms with E-state index in [2.05, 4.69) is 17.3 Å². The van der Waals surface area contributed by atoms with Gasteiger partial charge in [0, 0.05) is 24.9 Å². The van der Waals surface area contributed by atoms with Crippen molar-refractivity contribution >= 4 is 5.97 Å². The molecule has 1 rings (SSSR count). The summed E-state index contributed by atoms with van der Waals surface area (Å²) in [5, 5.41) is 15.8. The first-order valence-electron chi connectivity index (χ1n) is 5.11. The molecule has 1 aromatic rings. The van der Waals surface area contributed by atoms with Crippen molar-refractivity contribution in [3.63, 3.8) is 0 Å². The zero-order valence-corrected chi connectivity index (χ0v) is 8.89. The van der Waals surface area contributed by atoms with E-state index in [1.165, 1.54) is 0 Å². The predicted octanol–water partition coefficient (Wildman–Crippen LogP) is 0.726. The Bertz CT molecular complexity index is 285. The Morgan fingerprint density at radius 1 is 1.67 bits per heavy atom. The van der Waals surface area contributed by atoms with Crippen molar-refractivity contribution in [3.8, 4) is 0 Å². The van der Waals surface area contributed by atoms with E-state index in [0.717, 1.165) is 13.1 Å². The van der Waals surface area contributed by atoms with Crippen molar-refractivity contribution in [2.24, 2.45) is 0 Å². The minimum absolute atomic E-state index is 0.224. The third-order valence-electron chi connectivity index (χ3n) is 2.08. The molecule has 15 heavy (non-hydrogen) atoms. The van der Waals surface area contributed by atoms with Gasteiger partial charge in [0.05, 0.1) is 6.54 Å². The van der Waals surface area contributed by atoms with Crippen LogP contribution in [-0.4, -0.2) is 33.4 Å². The summed E-state index contributed by atoms with van der Waals surface area (Å²) >= 11 is 0. The number of carbonyl (C=O) groups is 1. The second kappa shape index (κ2) is 6.19. The van der Waals surface area contributed by atoms with Crippen LogP contribution in [0.5, 0.6) is 0 Å². The van der Waals surface area contributed by atoms with Gasteiger partial charge in [-0.05, 0) is 26.0 Å². The zero-order chi connectivity index (χ0) is 11.1. The molecule has 0 fully saturated rings. The van der Waals surface area contributed by atoms with Gasteiger partial charge in [-0.2, -0.15) is 5.10 Å². The van der Waals surface area contributed by atoms with Crippen molar-refractivity contribution in [2.45, 2.75) is 32.4 Å². The second-order valence-corrected chi connectivity index (χ2v) is 3.58. The lowest BCUT2D eigenvalue weighted by molar-refractivity contribution is -0.137. The van der Waals surface area contributed by atoms with Gasteiger partial charge < -0.3 is 10.4 Å². The Labute approximate surface area is 89.1 Å². The molecule has 0 aliphatic carbocycles. The number of aliphatic carboxylic acids is 1. The smallest absolute Gasteiger partial charge is 0.303 e. The molecular weight excluding hydrogens is 194 g/mol. The first-order valence-corrected chi connectivity index (χ1v) is 5.11. The van der Waals surface area contributed by atoms with Gasteiger partial charge in [-0.25, -0.2) is 0 Å². The number of hydrogen-bond acceptors (Lipinski definition) is 3. The fraction of sp³-hybridized carbons (Fsp3) is 0.600. The van der Waals surface area contributed by atoms with Crippen molar-refractivity contribution < 1.29 is 9.90 Å². The molecule has 5 heteroatoms. The lowest BCUT2D eigenvalue weighted by atomic mass is 10.3. The fourth-order valence-electron chi connectivity index (χ4n) is 1.34. The van der Waals surface area contributed by atoms with Crippen LogP contribution in [0.15, 0.2) is 18.5 Å². The molecule has 0 saturated heterocycles. The first kappa shape index (κ1) is 11.7. The third kappa shape index (κ3) is 5.17. The quantitative estimate of drug-likeness (QED) is 0.652. The fourth-order valence-corrected chi connectivity index (χ4v) is 1.34. The molecule has 1 unspecified atom stereocenters. The highest BCUT2D eigenvalue weighted by Gasteiger charge is 2.02. The van der Waals surface area contributed by atoms with E-state index in [-0.39, 0.29) is 6.42 Å². The van der Waals surface area contributed by atoms with E-state index in [4.69, 9.17) is 5.11 Å². The minimum atomic E-state index is -0.739. The van der Waals surface area contributed by atoms with Crippen molar-refractivity contribution in [1.82, 2.24) is 15.1 Å². The zero-order valence-electron chi connectivity index (χ0n) is 8.89. The summed E-state index contributed by atoms with van der Waals surface area (Å²) in [6.45, 7) is 3.59. The molecule has 0 aliphatic heterocycles. The molecule has 0 amide bonds. The molecule has 0 aliphatic rings. The van der Waals surface area contributed by atoms with Gasteiger partial charge in [-0.3, -0.25) is 9.48 Å². The number of hydrogen-bond donors (Lipinski definition) is 2. The summed E-state index contributed by atoms with van der Waals surface area (Å²) in [7, 11) is 0. The molecule has 84 valence electrons. The molecule has 0 radical (unpaired) electrons. The number of aromatic nitrogens is 2. The van der Waals surface area contributed by atoms with Crippen LogP contribution in [0.3, 0.4) is 0 Å². The lowest BCUT2D eigenvalue weighted by Crippen LogP contribution is -2.31. The Kier molecular flexibility index (Phi) is 4.83. The van der Waals surface area contributed by atoms with Crippen LogP contribution in [0.4, 0.5) is 0 Å². The molecule has 1 heterocycles. The highest BCUT2D eigenvalue weighted by Crippen LogP contribution is 1.92. The first-order chi connectivity index (χ1) is 7.18. The largest absolute Gasteiger partial charge is 0.481 e. The van der Waals surface area contributed by atoms with Crippen LogP contribution in [0.25, 0.3) is 0 Å². The maximum atomic E-state index is 10.3. The van der Waals surface area contributed by atoms with Gasteiger partial charge in [0.2, 0.25) is 0 Å². The maximum Gasteiger partial charge on any atom is 0.303 e. The topological polar surface area (TPSA) is 67.2 Å². The van der Waals surface area contributed by atoms with E-state index in [1.807, 2.05) is 16.9 Å². The average Bonchev–Trinajstić information content (AvgIpc) is 2.64. The number of carboxylic acids is 1. The number of nitrogens with zero attached hydrogens (tertiary/aromatic N) is 2. The van der Waals surface area contributed by atoms with Gasteiger partial charge in [0.1, 0.15) is 0 Å². The highest BCUT2D eigenvalue weighted by molar-refractivity contribution is 5.66. The molecule has 0 spiro atoms. The van der Waals surface area contributed by atoms with Crippen LogP contribution in [0.2, 0.25) is 0 Å². The number of nitrogens with one attached hydrogen (secondary N) is 1. The van der Waals surface area contributed by atoms with Crippen LogP contribution < -0.4 is 5.32 Å². The molecule has 0 aromatic carbocycles. The summed E-state index contributed by atoms with van der Waals surface area (Å²) in [4.78, 5) is 10.3. The van der Waals surface area contributed by atoms with Gasteiger partial charge in [-0.1, -0.05) is 0 Å². The Morgan fingerprint density at radius 2 is 2.47 bits per heavy atom. The molecule has 2 N–H and O–H groups in total. The summed E-state index contributed by atoms with van der Waals surface area (Å²) < 4.78 is 1.86. The summed E-state index contributed by atoms with van der Waals surface area (Å²) in [5.74, 6) is -0.739. The molecule has 5 nitrogen and oxygen atoms in total.